The van der Waals surface area contributed by atoms with Gasteiger partial charge < -0.3 is 14.0 Å². The Morgan fingerprint density at radius 3 is 2.50 bits per heavy atom. The zero-order valence-electron chi connectivity index (χ0n) is 11.0. The summed E-state index contributed by atoms with van der Waals surface area (Å²) < 4.78 is 67.8. The number of aliphatic carboxylic acids is 1. The van der Waals surface area contributed by atoms with Crippen molar-refractivity contribution in [2.24, 2.45) is 0 Å². The van der Waals surface area contributed by atoms with Crippen LogP contribution < -0.4 is 8.92 Å². The van der Waals surface area contributed by atoms with Crippen molar-refractivity contribution in [3.63, 3.8) is 0 Å². The van der Waals surface area contributed by atoms with Crippen molar-refractivity contribution < 1.29 is 40.4 Å². The summed E-state index contributed by atoms with van der Waals surface area (Å²) in [5, 5.41) is 8.47. The molecule has 1 aromatic rings. The van der Waals surface area contributed by atoms with Gasteiger partial charge >= 0.3 is 21.6 Å². The first-order valence-corrected chi connectivity index (χ1v) is 7.07. The summed E-state index contributed by atoms with van der Waals surface area (Å²) in [4.78, 5) is 10.4. The lowest BCUT2D eigenvalue weighted by atomic mass is 10.1. The fraction of sp³-hybridized carbons (Fsp3) is 0.250. The van der Waals surface area contributed by atoms with Crippen LogP contribution in [0.25, 0.3) is 0 Å². The van der Waals surface area contributed by atoms with E-state index in [1.807, 2.05) is 0 Å². The molecule has 0 amide bonds. The highest BCUT2D eigenvalue weighted by Gasteiger charge is 2.48. The summed E-state index contributed by atoms with van der Waals surface area (Å²) >= 11 is 0. The van der Waals surface area contributed by atoms with Gasteiger partial charge in [0.1, 0.15) is 11.5 Å². The van der Waals surface area contributed by atoms with Crippen LogP contribution in [0.5, 0.6) is 11.5 Å². The minimum Gasteiger partial charge on any atom is -0.482 e. The van der Waals surface area contributed by atoms with Gasteiger partial charge in [-0.05, 0) is 24.6 Å². The highest BCUT2D eigenvalue weighted by molar-refractivity contribution is 7.88. The molecule has 0 radical (unpaired) electrons. The second kappa shape index (κ2) is 6.69. The van der Waals surface area contributed by atoms with Crippen molar-refractivity contribution >= 4 is 16.1 Å². The first-order valence-electron chi connectivity index (χ1n) is 5.66. The van der Waals surface area contributed by atoms with Gasteiger partial charge in [0.15, 0.2) is 6.61 Å². The third kappa shape index (κ3) is 4.65. The molecule has 0 atom stereocenters. The van der Waals surface area contributed by atoms with Gasteiger partial charge in [-0.2, -0.15) is 21.6 Å². The average molecular weight is 340 g/mol. The topological polar surface area (TPSA) is 89.9 Å². The number of rotatable bonds is 7. The van der Waals surface area contributed by atoms with Crippen LogP contribution in [-0.2, 0) is 21.3 Å². The molecular formula is C12H11F3O6S. The molecule has 0 aromatic heterocycles. The van der Waals surface area contributed by atoms with E-state index in [-0.39, 0.29) is 17.7 Å². The van der Waals surface area contributed by atoms with Crippen LogP contribution in [0.3, 0.4) is 0 Å². The minimum absolute atomic E-state index is 0.00696. The van der Waals surface area contributed by atoms with E-state index in [1.165, 1.54) is 12.1 Å². The van der Waals surface area contributed by atoms with Crippen LogP contribution in [0.2, 0.25) is 0 Å². The normalized spacial score (nSPS) is 11.8. The highest BCUT2D eigenvalue weighted by atomic mass is 32.2. The Hall–Kier alpha value is -2.23. The summed E-state index contributed by atoms with van der Waals surface area (Å²) in [5.74, 6) is -1.75. The molecule has 1 N–H and O–H groups in total. The zero-order chi connectivity index (χ0) is 17.0. The molecule has 0 saturated carbocycles. The predicted octanol–water partition coefficient (Wildman–Crippen LogP) is 2.11. The Balaban J connectivity index is 3.10. The highest BCUT2D eigenvalue weighted by Crippen LogP contribution is 2.31. The minimum atomic E-state index is -5.80. The lowest BCUT2D eigenvalue weighted by Gasteiger charge is -2.13. The molecule has 122 valence electrons. The van der Waals surface area contributed by atoms with Crippen molar-refractivity contribution in [2.45, 2.75) is 11.9 Å². The summed E-state index contributed by atoms with van der Waals surface area (Å²) in [6.07, 6.45) is 1.30. The molecule has 0 bridgehead atoms. The van der Waals surface area contributed by atoms with E-state index in [0.717, 1.165) is 12.1 Å². The van der Waals surface area contributed by atoms with Gasteiger partial charge in [0, 0.05) is 5.56 Å². The van der Waals surface area contributed by atoms with Crippen LogP contribution in [0.1, 0.15) is 5.56 Å². The Labute approximate surface area is 123 Å². The molecule has 0 fully saturated rings. The lowest BCUT2D eigenvalue weighted by Crippen LogP contribution is -2.28. The summed E-state index contributed by atoms with van der Waals surface area (Å²) in [6, 6.07) is 3.21. The molecule has 10 heteroatoms. The molecule has 0 aliphatic heterocycles. The van der Waals surface area contributed by atoms with Crippen molar-refractivity contribution in [1.29, 1.82) is 0 Å². The van der Waals surface area contributed by atoms with E-state index in [2.05, 4.69) is 10.8 Å². The molecule has 1 aromatic carbocycles. The van der Waals surface area contributed by atoms with Crippen molar-refractivity contribution in [1.82, 2.24) is 0 Å². The Bertz CT molecular complexity index is 666. The average Bonchev–Trinajstić information content (AvgIpc) is 2.37. The fourth-order valence-electron chi connectivity index (χ4n) is 1.35. The maximum absolute atomic E-state index is 12.3. The van der Waals surface area contributed by atoms with Gasteiger partial charge in [0.05, 0.1) is 0 Å². The van der Waals surface area contributed by atoms with Gasteiger partial charge in [-0.3, -0.25) is 0 Å². The van der Waals surface area contributed by atoms with E-state index in [1.54, 1.807) is 0 Å². The Morgan fingerprint density at radius 2 is 2.00 bits per heavy atom. The quantitative estimate of drug-likeness (QED) is 0.464. The van der Waals surface area contributed by atoms with Crippen LogP contribution in [0.15, 0.2) is 30.9 Å². The molecule has 1 rings (SSSR count). The molecule has 22 heavy (non-hydrogen) atoms. The fourth-order valence-corrected chi connectivity index (χ4v) is 1.85. The van der Waals surface area contributed by atoms with E-state index in [4.69, 9.17) is 9.84 Å². The number of carboxylic acid groups (broad SMARTS) is 1. The van der Waals surface area contributed by atoms with Crippen molar-refractivity contribution in [2.75, 3.05) is 6.61 Å². The first kappa shape index (κ1) is 17.8. The lowest BCUT2D eigenvalue weighted by molar-refractivity contribution is -0.139. The second-order valence-electron chi connectivity index (χ2n) is 3.93. The molecule has 0 aliphatic rings. The number of benzene rings is 1. The molecule has 6 nitrogen and oxygen atoms in total. The molecule has 0 saturated heterocycles. The number of carbonyl (C=O) groups is 1. The molecule has 0 unspecified atom stereocenters. The van der Waals surface area contributed by atoms with Crippen LogP contribution >= 0.6 is 0 Å². The summed E-state index contributed by atoms with van der Waals surface area (Å²) in [6.45, 7) is 2.73. The SMILES string of the molecule is C=CCc1cc(OCC(=O)O)ccc1OS(=O)(=O)C(F)(F)F. The number of hydrogen-bond donors (Lipinski definition) is 1. The van der Waals surface area contributed by atoms with E-state index < -0.39 is 34.0 Å². The van der Waals surface area contributed by atoms with Crippen molar-refractivity contribution in [3.8, 4) is 11.5 Å². The monoisotopic (exact) mass is 340 g/mol. The molecule has 0 spiro atoms. The summed E-state index contributed by atoms with van der Waals surface area (Å²) in [7, 11) is -5.80. The third-order valence-electron chi connectivity index (χ3n) is 2.24. The van der Waals surface area contributed by atoms with Crippen LogP contribution in [0.4, 0.5) is 13.2 Å². The number of carboxylic acids is 1. The number of allylic oxidation sites excluding steroid dienone is 1. The van der Waals surface area contributed by atoms with Crippen molar-refractivity contribution in [3.05, 3.63) is 36.4 Å². The van der Waals surface area contributed by atoms with E-state index in [0.29, 0.717) is 0 Å². The van der Waals surface area contributed by atoms with Gasteiger partial charge in [-0.25, -0.2) is 4.79 Å². The smallest absolute Gasteiger partial charge is 0.482 e. The van der Waals surface area contributed by atoms with Gasteiger partial charge in [-0.15, -0.1) is 6.58 Å². The number of alkyl halides is 3. The van der Waals surface area contributed by atoms with Crippen LogP contribution in [-0.4, -0.2) is 31.6 Å². The standard InChI is InChI=1S/C12H11F3O6S/c1-2-3-8-6-9(20-7-11(16)17)4-5-10(8)21-22(18,19)12(13,14)15/h2,4-6H,1,3,7H2,(H,16,17). The largest absolute Gasteiger partial charge is 0.534 e. The number of hydrogen-bond acceptors (Lipinski definition) is 5. The zero-order valence-corrected chi connectivity index (χ0v) is 11.8. The van der Waals surface area contributed by atoms with Gasteiger partial charge in [0.25, 0.3) is 0 Å². The number of halogens is 3. The van der Waals surface area contributed by atoms with Gasteiger partial charge in [-0.1, -0.05) is 6.08 Å². The molecular weight excluding hydrogens is 329 g/mol. The summed E-state index contributed by atoms with van der Waals surface area (Å²) in [5.41, 5.74) is -5.51. The van der Waals surface area contributed by atoms with Crippen LogP contribution in [0, 0.1) is 0 Å². The van der Waals surface area contributed by atoms with Gasteiger partial charge in [0.2, 0.25) is 0 Å². The van der Waals surface area contributed by atoms with E-state index >= 15 is 0 Å². The first-order chi connectivity index (χ1) is 10.1. The Kier molecular flexibility index (Phi) is 5.42. The second-order valence-corrected chi connectivity index (χ2v) is 5.47. The molecule has 0 heterocycles. The predicted molar refractivity (Wildman–Crippen MR) is 69.1 cm³/mol. The van der Waals surface area contributed by atoms with E-state index in [9.17, 15) is 26.4 Å². The third-order valence-corrected chi connectivity index (χ3v) is 3.21. The maximum Gasteiger partial charge on any atom is 0.534 e. The Morgan fingerprint density at radius 1 is 1.36 bits per heavy atom. The number of ether oxygens (including phenoxy) is 1. The maximum atomic E-state index is 12.3. The molecule has 0 aliphatic carbocycles.